The molecule has 5 nitrogen and oxygen atoms in total. The van der Waals surface area contributed by atoms with Crippen LogP contribution in [-0.2, 0) is 0 Å². The Labute approximate surface area is 102 Å². The van der Waals surface area contributed by atoms with E-state index in [-0.39, 0.29) is 11.7 Å². The lowest BCUT2D eigenvalue weighted by Crippen LogP contribution is -2.51. The molecule has 0 spiro atoms. The second kappa shape index (κ2) is 5.12. The monoisotopic (exact) mass is 236 g/mol. The molecule has 0 bridgehead atoms. The summed E-state index contributed by atoms with van der Waals surface area (Å²) in [6.07, 6.45) is 4.53. The number of amides is 2. The van der Waals surface area contributed by atoms with Crippen molar-refractivity contribution in [2.75, 3.05) is 0 Å². The van der Waals surface area contributed by atoms with E-state index in [1.165, 1.54) is 0 Å². The van der Waals surface area contributed by atoms with Crippen molar-refractivity contribution >= 4 is 17.7 Å². The van der Waals surface area contributed by atoms with Crippen LogP contribution in [0.5, 0.6) is 0 Å². The third-order valence-corrected chi connectivity index (χ3v) is 3.12. The molecule has 0 saturated heterocycles. The summed E-state index contributed by atoms with van der Waals surface area (Å²) in [7, 11) is 0. The molecule has 1 aliphatic heterocycles. The average molecular weight is 236 g/mol. The average Bonchev–Trinajstić information content (AvgIpc) is 2.23. The molecule has 4 N–H and O–H groups in total. The van der Waals surface area contributed by atoms with Gasteiger partial charge in [0, 0.05) is 0 Å². The van der Waals surface area contributed by atoms with Gasteiger partial charge in [-0.05, 0) is 19.8 Å². The van der Waals surface area contributed by atoms with Gasteiger partial charge in [-0.25, -0.2) is 4.79 Å². The molecule has 0 saturated carbocycles. The minimum Gasteiger partial charge on any atom is -0.386 e. The van der Waals surface area contributed by atoms with Gasteiger partial charge in [0.2, 0.25) is 0 Å². The van der Waals surface area contributed by atoms with Gasteiger partial charge >= 0.3 is 6.03 Å². The van der Waals surface area contributed by atoms with Crippen molar-refractivity contribution in [1.29, 1.82) is 0 Å². The van der Waals surface area contributed by atoms with E-state index in [4.69, 9.17) is 11.5 Å². The Morgan fingerprint density at radius 2 is 1.82 bits per heavy atom. The molecule has 5 heteroatoms. The number of carbonyl (C=O) groups is 1. The van der Waals surface area contributed by atoms with Crippen LogP contribution < -0.4 is 11.5 Å². The smallest absolute Gasteiger partial charge is 0.370 e. The maximum absolute atomic E-state index is 11.2. The third-order valence-electron chi connectivity index (χ3n) is 3.12. The molecule has 0 aromatic carbocycles. The number of nitrogens with two attached hydrogens (primary N) is 2. The minimum atomic E-state index is -0.668. The van der Waals surface area contributed by atoms with Crippen LogP contribution in [0.25, 0.3) is 0 Å². The van der Waals surface area contributed by atoms with Gasteiger partial charge in [-0.3, -0.25) is 0 Å². The Morgan fingerprint density at radius 1 is 1.29 bits per heavy atom. The van der Waals surface area contributed by atoms with Gasteiger partial charge in [-0.2, -0.15) is 9.98 Å². The number of allylic oxidation sites excluding steroid dienone is 1. The number of nitrogens with zero attached hydrogens (tertiary/aromatic N) is 2. The quantitative estimate of drug-likeness (QED) is 0.731. The molecule has 0 atom stereocenters. The van der Waals surface area contributed by atoms with Crippen LogP contribution >= 0.6 is 0 Å². The van der Waals surface area contributed by atoms with Gasteiger partial charge in [-0.15, -0.1) is 0 Å². The fourth-order valence-electron chi connectivity index (χ4n) is 2.27. The summed E-state index contributed by atoms with van der Waals surface area (Å²) in [5.41, 5.74) is 12.2. The van der Waals surface area contributed by atoms with Gasteiger partial charge < -0.3 is 11.5 Å². The van der Waals surface area contributed by atoms with E-state index in [0.717, 1.165) is 18.4 Å². The normalized spacial score (nSPS) is 19.9. The molecule has 17 heavy (non-hydrogen) atoms. The zero-order valence-corrected chi connectivity index (χ0v) is 10.7. The predicted molar refractivity (Wildman–Crippen MR) is 70.0 cm³/mol. The Morgan fingerprint density at radius 3 is 2.24 bits per heavy atom. The Balaban J connectivity index is 3.33. The lowest BCUT2D eigenvalue weighted by Gasteiger charge is -2.35. The Kier molecular flexibility index (Phi) is 4.04. The summed E-state index contributed by atoms with van der Waals surface area (Å²) in [6, 6.07) is -0.615. The van der Waals surface area contributed by atoms with E-state index >= 15 is 0 Å². The van der Waals surface area contributed by atoms with Crippen LogP contribution in [0.2, 0.25) is 0 Å². The maximum atomic E-state index is 11.2. The number of amidine groups is 2. The lowest BCUT2D eigenvalue weighted by molar-refractivity contribution is 0.256. The summed E-state index contributed by atoms with van der Waals surface area (Å²) >= 11 is 0. The van der Waals surface area contributed by atoms with E-state index in [1.807, 2.05) is 20.8 Å². The molecule has 1 aliphatic rings. The first kappa shape index (κ1) is 13.4. The molecular weight excluding hydrogens is 216 g/mol. The van der Waals surface area contributed by atoms with Gasteiger partial charge in [0.15, 0.2) is 0 Å². The molecule has 0 unspecified atom stereocenters. The molecular formula is C12H20N4O. The molecule has 1 heterocycles. The largest absolute Gasteiger partial charge is 0.386 e. The van der Waals surface area contributed by atoms with Crippen molar-refractivity contribution in [1.82, 2.24) is 0 Å². The summed E-state index contributed by atoms with van der Waals surface area (Å²) in [5, 5.41) is 0. The van der Waals surface area contributed by atoms with Crippen LogP contribution in [0.15, 0.2) is 21.6 Å². The number of hydrogen-bond donors (Lipinski definition) is 2. The fraction of sp³-hybridized carbons (Fsp3) is 0.583. The number of hydrogen-bond acceptors (Lipinski definition) is 3. The van der Waals surface area contributed by atoms with Gasteiger partial charge in [0.25, 0.3) is 0 Å². The van der Waals surface area contributed by atoms with E-state index < -0.39 is 11.4 Å². The van der Waals surface area contributed by atoms with Crippen molar-refractivity contribution in [3.63, 3.8) is 0 Å². The van der Waals surface area contributed by atoms with Gasteiger partial charge in [0.1, 0.15) is 17.1 Å². The summed E-state index contributed by atoms with van der Waals surface area (Å²) < 4.78 is 0. The van der Waals surface area contributed by atoms with Gasteiger partial charge in [0.05, 0.1) is 0 Å². The highest BCUT2D eigenvalue weighted by atomic mass is 16.2. The Bertz CT molecular complexity index is 385. The summed E-state index contributed by atoms with van der Waals surface area (Å²) in [6.45, 7) is 6.04. The second-order valence-corrected chi connectivity index (χ2v) is 4.23. The first-order chi connectivity index (χ1) is 7.98. The predicted octanol–water partition coefficient (Wildman–Crippen LogP) is 1.98. The highest BCUT2D eigenvalue weighted by Crippen LogP contribution is 2.35. The van der Waals surface area contributed by atoms with Gasteiger partial charge in [-0.1, -0.05) is 31.9 Å². The number of aliphatic imine (C=N–C) groups is 2. The van der Waals surface area contributed by atoms with Crippen molar-refractivity contribution in [2.45, 2.75) is 40.0 Å². The highest BCUT2D eigenvalue weighted by Gasteiger charge is 2.42. The molecule has 0 aromatic rings. The SMILES string of the molecule is CCC=C(C)C1(CCC)C(N)=NC(=O)N=C1N. The van der Waals surface area contributed by atoms with Crippen molar-refractivity contribution < 1.29 is 4.79 Å². The van der Waals surface area contributed by atoms with Crippen LogP contribution in [0.3, 0.4) is 0 Å². The molecule has 2 amide bonds. The zero-order valence-electron chi connectivity index (χ0n) is 10.7. The fourth-order valence-corrected chi connectivity index (χ4v) is 2.27. The first-order valence-electron chi connectivity index (χ1n) is 5.89. The summed E-state index contributed by atoms with van der Waals surface area (Å²) in [5.74, 6) is 0.526. The standard InChI is InChI=1S/C12H20N4O/c1-4-6-8(3)12(7-5-2)9(13)15-11(17)16-10(12)14/h6H,4-5,7H2,1-3H3,(H4,13,14,15,16,17). The molecule has 0 fully saturated rings. The van der Waals surface area contributed by atoms with Crippen molar-refractivity contribution in [3.8, 4) is 0 Å². The number of rotatable bonds is 4. The van der Waals surface area contributed by atoms with E-state index in [0.29, 0.717) is 6.42 Å². The Hall–Kier alpha value is -1.65. The van der Waals surface area contributed by atoms with Crippen LogP contribution in [0.1, 0.15) is 40.0 Å². The molecule has 94 valence electrons. The lowest BCUT2D eigenvalue weighted by atomic mass is 9.73. The van der Waals surface area contributed by atoms with E-state index in [2.05, 4.69) is 16.1 Å². The zero-order chi connectivity index (χ0) is 13.1. The summed E-state index contributed by atoms with van der Waals surface area (Å²) in [4.78, 5) is 18.7. The maximum Gasteiger partial charge on any atom is 0.370 e. The molecule has 0 radical (unpaired) electrons. The van der Waals surface area contributed by atoms with Crippen LogP contribution in [-0.4, -0.2) is 17.7 Å². The topological polar surface area (TPSA) is 93.8 Å². The second-order valence-electron chi connectivity index (χ2n) is 4.23. The van der Waals surface area contributed by atoms with E-state index in [9.17, 15) is 4.79 Å². The number of urea groups is 1. The van der Waals surface area contributed by atoms with Crippen LogP contribution in [0.4, 0.5) is 4.79 Å². The number of carbonyl (C=O) groups excluding carboxylic acids is 1. The molecule has 0 aliphatic carbocycles. The third kappa shape index (κ3) is 2.23. The van der Waals surface area contributed by atoms with Crippen molar-refractivity contribution in [3.05, 3.63) is 11.6 Å². The van der Waals surface area contributed by atoms with Crippen LogP contribution in [0, 0.1) is 5.41 Å². The first-order valence-corrected chi connectivity index (χ1v) is 5.89. The minimum absolute atomic E-state index is 0.263. The highest BCUT2D eigenvalue weighted by molar-refractivity contribution is 6.19. The molecule has 0 aromatic heterocycles. The molecule has 1 rings (SSSR count). The van der Waals surface area contributed by atoms with Crippen molar-refractivity contribution in [2.24, 2.45) is 26.9 Å². The van der Waals surface area contributed by atoms with E-state index in [1.54, 1.807) is 0 Å².